The van der Waals surface area contributed by atoms with Gasteiger partial charge in [-0.1, -0.05) is 0 Å². The number of sulfonamides is 1. The van der Waals surface area contributed by atoms with Crippen LogP contribution in [0, 0.1) is 0 Å². The Morgan fingerprint density at radius 2 is 2.09 bits per heavy atom. The normalized spacial score (nSPS) is 14.2. The number of hydrogen-bond acceptors (Lipinski definition) is 6. The van der Waals surface area contributed by atoms with Gasteiger partial charge >= 0.3 is 0 Å². The molecular formula is C13H20ClN3O5S. The summed E-state index contributed by atoms with van der Waals surface area (Å²) in [6.45, 7) is 3.31. The monoisotopic (exact) mass is 365 g/mol. The first-order valence-corrected chi connectivity index (χ1v) is 8.05. The summed E-state index contributed by atoms with van der Waals surface area (Å²) in [6.07, 6.45) is 0. The molecule has 23 heavy (non-hydrogen) atoms. The Bertz CT molecular complexity index is 706. The molecule has 10 heteroatoms. The second-order valence-electron chi connectivity index (χ2n) is 5.53. The first-order valence-electron chi connectivity index (χ1n) is 6.57. The molecule has 130 valence electrons. The number of anilines is 1. The number of benzene rings is 1. The summed E-state index contributed by atoms with van der Waals surface area (Å²) in [5, 5.41) is 2.59. The van der Waals surface area contributed by atoms with Crippen LogP contribution in [0.3, 0.4) is 0 Å². The number of nitrogens with one attached hydrogen (secondary N) is 2. The molecule has 2 rings (SSSR count). The molecule has 0 bridgehead atoms. The lowest BCUT2D eigenvalue weighted by Gasteiger charge is -2.25. The van der Waals surface area contributed by atoms with E-state index in [2.05, 4.69) is 10.0 Å². The van der Waals surface area contributed by atoms with Crippen LogP contribution < -0.4 is 25.2 Å². The number of carbonyl (C=O) groups excluding carboxylic acids is 1. The fourth-order valence-electron chi connectivity index (χ4n) is 1.92. The molecule has 1 heterocycles. The van der Waals surface area contributed by atoms with Crippen molar-refractivity contribution in [1.82, 2.24) is 4.72 Å². The van der Waals surface area contributed by atoms with Crippen LogP contribution in [-0.4, -0.2) is 40.1 Å². The summed E-state index contributed by atoms with van der Waals surface area (Å²) in [7, 11) is -2.52. The molecule has 8 nitrogen and oxygen atoms in total. The average Bonchev–Trinajstić information content (AvgIpc) is 2.44. The van der Waals surface area contributed by atoms with Gasteiger partial charge in [-0.05, 0) is 13.8 Å². The van der Waals surface area contributed by atoms with Gasteiger partial charge in [-0.2, -0.15) is 0 Å². The predicted octanol–water partition coefficient (Wildman–Crippen LogP) is 0.464. The van der Waals surface area contributed by atoms with Crippen molar-refractivity contribution in [2.45, 2.75) is 24.3 Å². The number of hydrogen-bond donors (Lipinski definition) is 3. The largest absolute Gasteiger partial charge is 0.495 e. The fraction of sp³-hybridized carbons (Fsp3) is 0.462. The van der Waals surface area contributed by atoms with E-state index >= 15 is 0 Å². The molecule has 0 saturated carbocycles. The van der Waals surface area contributed by atoms with Gasteiger partial charge < -0.3 is 20.5 Å². The van der Waals surface area contributed by atoms with E-state index in [4.69, 9.17) is 15.2 Å². The maximum atomic E-state index is 12.5. The van der Waals surface area contributed by atoms with E-state index in [1.54, 1.807) is 13.8 Å². The van der Waals surface area contributed by atoms with Crippen molar-refractivity contribution in [3.63, 3.8) is 0 Å². The third-order valence-corrected chi connectivity index (χ3v) is 4.83. The van der Waals surface area contributed by atoms with Crippen LogP contribution in [0.1, 0.15) is 13.8 Å². The van der Waals surface area contributed by atoms with Gasteiger partial charge in [0.15, 0.2) is 6.61 Å². The van der Waals surface area contributed by atoms with E-state index in [0.29, 0.717) is 5.69 Å². The Balaban J connectivity index is 0.00000264. The van der Waals surface area contributed by atoms with Gasteiger partial charge in [0.2, 0.25) is 10.0 Å². The van der Waals surface area contributed by atoms with Crippen molar-refractivity contribution in [3.8, 4) is 11.5 Å². The van der Waals surface area contributed by atoms with Crippen LogP contribution in [0.25, 0.3) is 0 Å². The highest BCUT2D eigenvalue weighted by atomic mass is 35.5. The molecule has 0 fully saturated rings. The Morgan fingerprint density at radius 1 is 1.43 bits per heavy atom. The number of methoxy groups -OCH3 is 1. The molecule has 0 spiro atoms. The standard InChI is InChI=1S/C13H19N3O5S.ClH/c1-13(2,7-14)16-22(18,19)11-5-9-8(4-10(11)20-3)15-12(17)6-21-9;/h4-5,16H,6-7,14H2,1-3H3,(H,15,17);1H. The number of amides is 1. The highest BCUT2D eigenvalue weighted by molar-refractivity contribution is 7.89. The molecule has 0 atom stereocenters. The van der Waals surface area contributed by atoms with E-state index in [1.807, 2.05) is 0 Å². The van der Waals surface area contributed by atoms with Gasteiger partial charge in [0.05, 0.1) is 12.8 Å². The molecule has 0 radical (unpaired) electrons. The number of ether oxygens (including phenoxy) is 2. The van der Waals surface area contributed by atoms with E-state index in [-0.39, 0.29) is 47.9 Å². The highest BCUT2D eigenvalue weighted by Gasteiger charge is 2.30. The maximum Gasteiger partial charge on any atom is 0.262 e. The van der Waals surface area contributed by atoms with Crippen molar-refractivity contribution in [3.05, 3.63) is 12.1 Å². The van der Waals surface area contributed by atoms with Crippen LogP contribution >= 0.6 is 12.4 Å². The highest BCUT2D eigenvalue weighted by Crippen LogP contribution is 2.37. The summed E-state index contributed by atoms with van der Waals surface area (Å²) >= 11 is 0. The lowest BCUT2D eigenvalue weighted by atomic mass is 10.1. The Morgan fingerprint density at radius 3 is 2.65 bits per heavy atom. The molecule has 1 aromatic carbocycles. The smallest absolute Gasteiger partial charge is 0.262 e. The minimum absolute atomic E-state index is 0. The van der Waals surface area contributed by atoms with Crippen molar-refractivity contribution >= 4 is 34.0 Å². The van der Waals surface area contributed by atoms with Crippen LogP contribution in [0.15, 0.2) is 17.0 Å². The lowest BCUT2D eigenvalue weighted by molar-refractivity contribution is -0.118. The molecule has 0 saturated heterocycles. The van der Waals surface area contributed by atoms with Crippen molar-refractivity contribution < 1.29 is 22.7 Å². The quantitative estimate of drug-likeness (QED) is 0.697. The molecule has 0 aliphatic carbocycles. The van der Waals surface area contributed by atoms with E-state index in [1.165, 1.54) is 19.2 Å². The second-order valence-corrected chi connectivity index (χ2v) is 7.18. The Kier molecular flexibility index (Phi) is 5.86. The van der Waals surface area contributed by atoms with Gasteiger partial charge in [-0.15, -0.1) is 12.4 Å². The SMILES string of the molecule is COc1cc2c(cc1S(=O)(=O)NC(C)(C)CN)OCC(=O)N2.Cl. The third-order valence-electron chi connectivity index (χ3n) is 3.11. The molecule has 1 aliphatic rings. The van der Waals surface area contributed by atoms with Gasteiger partial charge in [-0.25, -0.2) is 13.1 Å². The summed E-state index contributed by atoms with van der Waals surface area (Å²) in [5.41, 5.74) is 5.11. The van der Waals surface area contributed by atoms with E-state index < -0.39 is 15.6 Å². The number of carbonyl (C=O) groups is 1. The zero-order valence-electron chi connectivity index (χ0n) is 13.0. The fourth-order valence-corrected chi connectivity index (χ4v) is 3.51. The van der Waals surface area contributed by atoms with E-state index in [0.717, 1.165) is 0 Å². The van der Waals surface area contributed by atoms with Crippen molar-refractivity contribution in [2.75, 3.05) is 25.6 Å². The summed E-state index contributed by atoms with van der Waals surface area (Å²) in [4.78, 5) is 11.2. The van der Waals surface area contributed by atoms with Gasteiger partial charge in [0.1, 0.15) is 16.4 Å². The third kappa shape index (κ3) is 4.25. The van der Waals surface area contributed by atoms with Gasteiger partial charge in [0.25, 0.3) is 5.91 Å². The number of halogens is 1. The summed E-state index contributed by atoms with van der Waals surface area (Å²) in [5.74, 6) is 0.0590. The Hall–Kier alpha value is -1.55. The summed E-state index contributed by atoms with van der Waals surface area (Å²) < 4.78 is 38.0. The van der Waals surface area contributed by atoms with Crippen LogP contribution in [0.2, 0.25) is 0 Å². The Labute approximate surface area is 141 Å². The zero-order chi connectivity index (χ0) is 16.5. The maximum absolute atomic E-state index is 12.5. The topological polar surface area (TPSA) is 120 Å². The average molecular weight is 366 g/mol. The van der Waals surface area contributed by atoms with Crippen LogP contribution in [0.5, 0.6) is 11.5 Å². The van der Waals surface area contributed by atoms with Crippen molar-refractivity contribution in [2.24, 2.45) is 5.73 Å². The molecular weight excluding hydrogens is 346 g/mol. The lowest BCUT2D eigenvalue weighted by Crippen LogP contribution is -2.48. The molecule has 0 unspecified atom stereocenters. The van der Waals surface area contributed by atoms with Crippen LogP contribution in [0.4, 0.5) is 5.69 Å². The first-order chi connectivity index (χ1) is 10.2. The number of rotatable bonds is 5. The van der Waals surface area contributed by atoms with Gasteiger partial charge in [0, 0.05) is 24.2 Å². The van der Waals surface area contributed by atoms with Crippen LogP contribution in [-0.2, 0) is 14.8 Å². The molecule has 1 aliphatic heterocycles. The van der Waals surface area contributed by atoms with E-state index in [9.17, 15) is 13.2 Å². The molecule has 4 N–H and O–H groups in total. The summed E-state index contributed by atoms with van der Waals surface area (Å²) in [6, 6.07) is 2.74. The molecule has 0 aromatic heterocycles. The first kappa shape index (κ1) is 19.5. The van der Waals surface area contributed by atoms with Crippen molar-refractivity contribution in [1.29, 1.82) is 0 Å². The minimum atomic E-state index is -3.87. The van der Waals surface area contributed by atoms with Gasteiger partial charge in [-0.3, -0.25) is 4.79 Å². The zero-order valence-corrected chi connectivity index (χ0v) is 14.6. The second kappa shape index (κ2) is 6.91. The number of nitrogens with two attached hydrogens (primary N) is 1. The minimum Gasteiger partial charge on any atom is -0.495 e. The molecule has 1 amide bonds. The number of fused-ring (bicyclic) bond motifs is 1. The molecule has 1 aromatic rings. The predicted molar refractivity (Wildman–Crippen MR) is 87.8 cm³/mol.